The monoisotopic (exact) mass is 325 g/mol. The maximum atomic E-state index is 12.4. The van der Waals surface area contributed by atoms with Crippen LogP contribution in [0.15, 0.2) is 40.6 Å². The van der Waals surface area contributed by atoms with Gasteiger partial charge in [0, 0.05) is 4.88 Å². The fourth-order valence-electron chi connectivity index (χ4n) is 2.01. The van der Waals surface area contributed by atoms with Crippen LogP contribution in [0.1, 0.15) is 22.0 Å². The summed E-state index contributed by atoms with van der Waals surface area (Å²) >= 11 is 1.19. The van der Waals surface area contributed by atoms with Gasteiger partial charge in [-0.25, -0.2) is 8.42 Å². The number of thiophene rings is 1. The Hall–Kier alpha value is -1.70. The zero-order valence-electron chi connectivity index (χ0n) is 11.5. The minimum atomic E-state index is -3.90. The molecule has 2 N–H and O–H groups in total. The highest BCUT2D eigenvalue weighted by atomic mass is 32.2. The molecule has 0 radical (unpaired) electrons. The molecule has 1 heterocycles. The quantitative estimate of drug-likeness (QED) is 0.884. The molecule has 0 spiro atoms. The summed E-state index contributed by atoms with van der Waals surface area (Å²) in [7, 11) is -3.90. The lowest BCUT2D eigenvalue weighted by molar-refractivity contribution is -0.139. The van der Waals surface area contributed by atoms with Gasteiger partial charge in [0.15, 0.2) is 6.04 Å². The smallest absolute Gasteiger partial charge is 0.327 e. The minimum Gasteiger partial charge on any atom is -0.480 e. The van der Waals surface area contributed by atoms with Gasteiger partial charge in [0.05, 0.1) is 4.90 Å². The number of carbonyl (C=O) groups is 1. The van der Waals surface area contributed by atoms with E-state index in [4.69, 9.17) is 0 Å². The van der Waals surface area contributed by atoms with Gasteiger partial charge >= 0.3 is 5.97 Å². The first-order valence-electron chi connectivity index (χ1n) is 6.17. The Labute approximate surface area is 127 Å². The lowest BCUT2D eigenvalue weighted by Gasteiger charge is -2.15. The second-order valence-electron chi connectivity index (χ2n) is 4.68. The highest BCUT2D eigenvalue weighted by Crippen LogP contribution is 2.23. The standard InChI is InChI=1S/C14H15NO4S2/c1-9-5-6-12(10(2)8-9)21(18,19)15-13(14(16)17)11-4-3-7-20-11/h3-8,13,15H,1-2H3,(H,16,17). The lowest BCUT2D eigenvalue weighted by atomic mass is 10.2. The summed E-state index contributed by atoms with van der Waals surface area (Å²) in [6, 6.07) is 6.91. The van der Waals surface area contributed by atoms with E-state index in [1.54, 1.807) is 36.6 Å². The van der Waals surface area contributed by atoms with Crippen LogP contribution < -0.4 is 4.72 Å². The van der Waals surface area contributed by atoms with Crippen molar-refractivity contribution in [1.82, 2.24) is 4.72 Å². The third-order valence-electron chi connectivity index (χ3n) is 2.97. The first-order chi connectivity index (χ1) is 9.81. The van der Waals surface area contributed by atoms with E-state index in [1.165, 1.54) is 17.4 Å². The maximum Gasteiger partial charge on any atom is 0.327 e. The van der Waals surface area contributed by atoms with Crippen LogP contribution in [-0.2, 0) is 14.8 Å². The van der Waals surface area contributed by atoms with Crippen LogP contribution in [0.4, 0.5) is 0 Å². The Kier molecular flexibility index (Phi) is 4.46. The average Bonchev–Trinajstić information content (AvgIpc) is 2.88. The van der Waals surface area contributed by atoms with Crippen molar-refractivity contribution < 1.29 is 18.3 Å². The number of carboxylic acid groups (broad SMARTS) is 1. The Morgan fingerprint density at radius 2 is 2.00 bits per heavy atom. The molecule has 1 aromatic carbocycles. The van der Waals surface area contributed by atoms with Crippen LogP contribution in [0.2, 0.25) is 0 Å². The summed E-state index contributed by atoms with van der Waals surface area (Å²) in [4.78, 5) is 11.9. The van der Waals surface area contributed by atoms with Gasteiger partial charge < -0.3 is 5.11 Å². The molecule has 1 aromatic heterocycles. The summed E-state index contributed by atoms with van der Waals surface area (Å²) < 4.78 is 27.1. The van der Waals surface area contributed by atoms with Crippen molar-refractivity contribution in [2.45, 2.75) is 24.8 Å². The molecule has 0 amide bonds. The molecule has 2 rings (SSSR count). The Morgan fingerprint density at radius 3 is 2.52 bits per heavy atom. The van der Waals surface area contributed by atoms with E-state index in [0.717, 1.165) is 5.56 Å². The van der Waals surface area contributed by atoms with E-state index in [0.29, 0.717) is 10.4 Å². The zero-order chi connectivity index (χ0) is 15.6. The van der Waals surface area contributed by atoms with Crippen molar-refractivity contribution in [3.63, 3.8) is 0 Å². The molecule has 0 bridgehead atoms. The van der Waals surface area contributed by atoms with Crippen molar-refractivity contribution in [3.8, 4) is 0 Å². The molecule has 2 aromatic rings. The van der Waals surface area contributed by atoms with Gasteiger partial charge in [-0.15, -0.1) is 11.3 Å². The number of benzene rings is 1. The van der Waals surface area contributed by atoms with Crippen molar-refractivity contribution >= 4 is 27.3 Å². The largest absolute Gasteiger partial charge is 0.480 e. The Bertz CT molecular complexity index is 751. The molecule has 1 atom stereocenters. The number of hydrogen-bond acceptors (Lipinski definition) is 4. The summed E-state index contributed by atoms with van der Waals surface area (Å²) in [5, 5.41) is 11.0. The summed E-state index contributed by atoms with van der Waals surface area (Å²) in [5.41, 5.74) is 1.53. The highest BCUT2D eigenvalue weighted by molar-refractivity contribution is 7.89. The van der Waals surface area contributed by atoms with Crippen LogP contribution in [0, 0.1) is 13.8 Å². The number of hydrogen-bond donors (Lipinski definition) is 2. The van der Waals surface area contributed by atoms with Gasteiger partial charge in [-0.05, 0) is 36.9 Å². The van der Waals surface area contributed by atoms with E-state index in [9.17, 15) is 18.3 Å². The predicted octanol–water partition coefficient (Wildman–Crippen LogP) is 2.47. The van der Waals surface area contributed by atoms with E-state index in [2.05, 4.69) is 4.72 Å². The van der Waals surface area contributed by atoms with Crippen molar-refractivity contribution in [3.05, 3.63) is 51.7 Å². The molecule has 0 fully saturated rings. The van der Waals surface area contributed by atoms with Crippen LogP contribution >= 0.6 is 11.3 Å². The molecular formula is C14H15NO4S2. The first-order valence-corrected chi connectivity index (χ1v) is 8.53. The van der Waals surface area contributed by atoms with Crippen molar-refractivity contribution in [2.75, 3.05) is 0 Å². The second-order valence-corrected chi connectivity index (χ2v) is 7.34. The predicted molar refractivity (Wildman–Crippen MR) is 80.9 cm³/mol. The fraction of sp³-hybridized carbons (Fsp3) is 0.214. The van der Waals surface area contributed by atoms with Crippen LogP contribution in [-0.4, -0.2) is 19.5 Å². The van der Waals surface area contributed by atoms with Crippen molar-refractivity contribution in [2.24, 2.45) is 0 Å². The van der Waals surface area contributed by atoms with Gasteiger partial charge in [0.1, 0.15) is 0 Å². The molecule has 0 saturated heterocycles. The fourth-order valence-corrected chi connectivity index (χ4v) is 4.24. The van der Waals surface area contributed by atoms with Gasteiger partial charge in [-0.2, -0.15) is 4.72 Å². The zero-order valence-corrected chi connectivity index (χ0v) is 13.2. The molecule has 0 aliphatic carbocycles. The van der Waals surface area contributed by atoms with E-state index in [-0.39, 0.29) is 4.90 Å². The Morgan fingerprint density at radius 1 is 1.29 bits per heavy atom. The molecule has 112 valence electrons. The lowest BCUT2D eigenvalue weighted by Crippen LogP contribution is -2.33. The third kappa shape index (κ3) is 3.49. The van der Waals surface area contributed by atoms with E-state index >= 15 is 0 Å². The summed E-state index contributed by atoms with van der Waals surface area (Å²) in [6.45, 7) is 3.55. The van der Waals surface area contributed by atoms with Crippen LogP contribution in [0.3, 0.4) is 0 Å². The molecule has 7 heteroatoms. The third-order valence-corrected chi connectivity index (χ3v) is 5.49. The molecule has 1 unspecified atom stereocenters. The first kappa shape index (κ1) is 15.7. The molecule has 0 aliphatic rings. The van der Waals surface area contributed by atoms with E-state index in [1.807, 2.05) is 6.92 Å². The highest BCUT2D eigenvalue weighted by Gasteiger charge is 2.28. The number of sulfonamides is 1. The SMILES string of the molecule is Cc1ccc(S(=O)(=O)NC(C(=O)O)c2cccs2)c(C)c1. The van der Waals surface area contributed by atoms with Gasteiger partial charge in [0.25, 0.3) is 0 Å². The van der Waals surface area contributed by atoms with Gasteiger partial charge in [-0.1, -0.05) is 23.8 Å². The minimum absolute atomic E-state index is 0.0934. The number of nitrogens with one attached hydrogen (secondary N) is 1. The van der Waals surface area contributed by atoms with E-state index < -0.39 is 22.0 Å². The maximum absolute atomic E-state index is 12.4. The topological polar surface area (TPSA) is 83.5 Å². The molecular weight excluding hydrogens is 310 g/mol. The second kappa shape index (κ2) is 5.97. The Balaban J connectivity index is 2.37. The molecule has 5 nitrogen and oxygen atoms in total. The van der Waals surface area contributed by atoms with Gasteiger partial charge in [0.2, 0.25) is 10.0 Å². The number of rotatable bonds is 5. The summed E-state index contributed by atoms with van der Waals surface area (Å²) in [6.07, 6.45) is 0. The number of carboxylic acids is 1. The van der Waals surface area contributed by atoms with Crippen molar-refractivity contribution in [1.29, 1.82) is 0 Å². The van der Waals surface area contributed by atoms with Gasteiger partial charge in [-0.3, -0.25) is 4.79 Å². The summed E-state index contributed by atoms with van der Waals surface area (Å²) in [5.74, 6) is -1.23. The molecule has 21 heavy (non-hydrogen) atoms. The normalized spacial score (nSPS) is 13.0. The van der Waals surface area contributed by atoms with Crippen LogP contribution in [0.25, 0.3) is 0 Å². The number of aliphatic carboxylic acids is 1. The molecule has 0 aliphatic heterocycles. The molecule has 0 saturated carbocycles. The van der Waals surface area contributed by atoms with Crippen LogP contribution in [0.5, 0.6) is 0 Å². The average molecular weight is 325 g/mol. The number of aryl methyl sites for hydroxylation is 2.